The summed E-state index contributed by atoms with van der Waals surface area (Å²) in [6.07, 6.45) is -10.3. The molecule has 1 aliphatic rings. The molecule has 0 heterocycles. The summed E-state index contributed by atoms with van der Waals surface area (Å²) in [5.74, 6) is -5.51. The molecule has 1 fully saturated rings. The molecule has 0 aromatic heterocycles. The van der Waals surface area contributed by atoms with E-state index >= 15 is 0 Å². The molecule has 0 aliphatic heterocycles. The Bertz CT molecular complexity index is 1000. The Morgan fingerprint density at radius 3 is 2.16 bits per heavy atom. The maximum atomic E-state index is 12.6. The standard InChI is InChI=1S/C19H13F6NO5/c20-18(21,22)30-14-6-5-9(7-15(14)31-19(23,24)25)11-8-12(11)16(27)26-13-4-2-1-3-10(13)17(28)29/h1-7,11-12H,8H2,(H,26,27)(H,28,29). The summed E-state index contributed by atoms with van der Waals surface area (Å²) in [6, 6.07) is 8.14. The van der Waals surface area contributed by atoms with E-state index in [1.165, 1.54) is 24.3 Å². The Labute approximate surface area is 170 Å². The van der Waals surface area contributed by atoms with Gasteiger partial charge in [-0.05, 0) is 42.2 Å². The van der Waals surface area contributed by atoms with Crippen molar-refractivity contribution in [2.24, 2.45) is 5.92 Å². The number of halogens is 6. The number of alkyl halides is 6. The molecule has 2 unspecified atom stereocenters. The lowest BCUT2D eigenvalue weighted by molar-refractivity contribution is -0.287. The monoisotopic (exact) mass is 449 g/mol. The van der Waals surface area contributed by atoms with Crippen LogP contribution in [0.3, 0.4) is 0 Å². The van der Waals surface area contributed by atoms with Gasteiger partial charge in [-0.2, -0.15) is 0 Å². The van der Waals surface area contributed by atoms with E-state index in [0.717, 1.165) is 12.1 Å². The third-order valence-corrected chi connectivity index (χ3v) is 4.39. The van der Waals surface area contributed by atoms with Gasteiger partial charge in [0.25, 0.3) is 0 Å². The number of rotatable bonds is 6. The molecular formula is C19H13F6NO5. The van der Waals surface area contributed by atoms with E-state index in [0.29, 0.717) is 6.07 Å². The van der Waals surface area contributed by atoms with Crippen LogP contribution in [-0.2, 0) is 4.79 Å². The van der Waals surface area contributed by atoms with E-state index in [9.17, 15) is 35.9 Å². The first-order valence-corrected chi connectivity index (χ1v) is 8.62. The van der Waals surface area contributed by atoms with Gasteiger partial charge in [0.1, 0.15) is 0 Å². The number of nitrogens with one attached hydrogen (secondary N) is 1. The van der Waals surface area contributed by atoms with Crippen molar-refractivity contribution in [3.05, 3.63) is 53.6 Å². The molecule has 2 atom stereocenters. The Hall–Kier alpha value is -3.44. The first kappa shape index (κ1) is 22.2. The quantitative estimate of drug-likeness (QED) is 0.612. The number of ether oxygens (including phenoxy) is 2. The van der Waals surface area contributed by atoms with Crippen LogP contribution in [0.5, 0.6) is 11.5 Å². The van der Waals surface area contributed by atoms with Crippen molar-refractivity contribution < 1.29 is 50.5 Å². The number of carbonyl (C=O) groups excluding carboxylic acids is 1. The van der Waals surface area contributed by atoms with Gasteiger partial charge in [-0.25, -0.2) is 4.79 Å². The van der Waals surface area contributed by atoms with Crippen molar-refractivity contribution in [3.8, 4) is 11.5 Å². The molecule has 166 valence electrons. The van der Waals surface area contributed by atoms with Gasteiger partial charge in [0.05, 0.1) is 11.3 Å². The average molecular weight is 449 g/mol. The third kappa shape index (κ3) is 5.80. The fourth-order valence-corrected chi connectivity index (χ4v) is 3.03. The van der Waals surface area contributed by atoms with Crippen molar-refractivity contribution in [1.29, 1.82) is 0 Å². The van der Waals surface area contributed by atoms with E-state index in [1.807, 2.05) is 0 Å². The number of para-hydroxylation sites is 1. The number of amides is 1. The summed E-state index contributed by atoms with van der Waals surface area (Å²) in [4.78, 5) is 23.6. The molecule has 0 bridgehead atoms. The van der Waals surface area contributed by atoms with Crippen LogP contribution in [0.25, 0.3) is 0 Å². The second kappa shape index (κ2) is 8.00. The van der Waals surface area contributed by atoms with Crippen molar-refractivity contribution in [2.45, 2.75) is 25.1 Å². The van der Waals surface area contributed by atoms with Crippen LogP contribution >= 0.6 is 0 Å². The fraction of sp³-hybridized carbons (Fsp3) is 0.263. The minimum absolute atomic E-state index is 0.0423. The summed E-state index contributed by atoms with van der Waals surface area (Å²) in [6.45, 7) is 0. The largest absolute Gasteiger partial charge is 0.573 e. The highest BCUT2D eigenvalue weighted by Crippen LogP contribution is 2.50. The highest BCUT2D eigenvalue weighted by molar-refractivity contribution is 6.02. The molecule has 31 heavy (non-hydrogen) atoms. The number of carboxylic acid groups (broad SMARTS) is 1. The van der Waals surface area contributed by atoms with E-state index in [-0.39, 0.29) is 23.2 Å². The zero-order chi connectivity index (χ0) is 23.0. The average Bonchev–Trinajstić information content (AvgIpc) is 3.42. The molecule has 0 spiro atoms. The zero-order valence-electron chi connectivity index (χ0n) is 15.3. The van der Waals surface area contributed by atoms with Gasteiger partial charge in [0, 0.05) is 5.92 Å². The molecule has 1 aliphatic carbocycles. The Morgan fingerprint density at radius 1 is 0.935 bits per heavy atom. The zero-order valence-corrected chi connectivity index (χ0v) is 15.3. The van der Waals surface area contributed by atoms with Crippen LogP contribution in [0.4, 0.5) is 32.0 Å². The van der Waals surface area contributed by atoms with Gasteiger partial charge in [-0.15, -0.1) is 26.3 Å². The van der Waals surface area contributed by atoms with Gasteiger partial charge < -0.3 is 19.9 Å². The van der Waals surface area contributed by atoms with E-state index in [4.69, 9.17) is 5.11 Å². The van der Waals surface area contributed by atoms with Crippen LogP contribution in [0, 0.1) is 5.92 Å². The first-order chi connectivity index (χ1) is 14.3. The number of benzene rings is 2. The predicted octanol–water partition coefficient (Wildman–Crippen LogP) is 4.92. The van der Waals surface area contributed by atoms with Gasteiger partial charge in [-0.3, -0.25) is 4.79 Å². The summed E-state index contributed by atoms with van der Waals surface area (Å²) in [5.41, 5.74) is 0.0312. The van der Waals surface area contributed by atoms with Crippen LogP contribution in [0.15, 0.2) is 42.5 Å². The third-order valence-electron chi connectivity index (χ3n) is 4.39. The summed E-state index contributed by atoms with van der Waals surface area (Å²) < 4.78 is 82.3. The van der Waals surface area contributed by atoms with Gasteiger partial charge in [0.15, 0.2) is 11.5 Å². The lowest BCUT2D eigenvalue weighted by atomic mass is 10.1. The Morgan fingerprint density at radius 2 is 1.55 bits per heavy atom. The molecule has 1 amide bonds. The van der Waals surface area contributed by atoms with Crippen LogP contribution in [0.2, 0.25) is 0 Å². The van der Waals surface area contributed by atoms with Gasteiger partial charge in [-0.1, -0.05) is 18.2 Å². The molecular weight excluding hydrogens is 436 g/mol. The van der Waals surface area contributed by atoms with Crippen LogP contribution < -0.4 is 14.8 Å². The molecule has 0 saturated heterocycles. The van der Waals surface area contributed by atoms with Crippen LogP contribution in [-0.4, -0.2) is 29.7 Å². The van der Waals surface area contributed by atoms with Gasteiger partial charge >= 0.3 is 18.7 Å². The minimum Gasteiger partial charge on any atom is -0.478 e. The minimum atomic E-state index is -5.26. The number of aromatic carboxylic acids is 1. The highest BCUT2D eigenvalue weighted by Gasteiger charge is 2.45. The van der Waals surface area contributed by atoms with Crippen molar-refractivity contribution in [3.63, 3.8) is 0 Å². The molecule has 2 N–H and O–H groups in total. The number of anilines is 1. The molecule has 3 rings (SSSR count). The first-order valence-electron chi connectivity index (χ1n) is 8.62. The predicted molar refractivity (Wildman–Crippen MR) is 92.7 cm³/mol. The summed E-state index contributed by atoms with van der Waals surface area (Å²) in [7, 11) is 0. The molecule has 0 radical (unpaired) electrons. The molecule has 2 aromatic carbocycles. The second-order valence-electron chi connectivity index (χ2n) is 6.59. The molecule has 1 saturated carbocycles. The fourth-order valence-electron chi connectivity index (χ4n) is 3.03. The van der Waals surface area contributed by atoms with Crippen molar-refractivity contribution in [2.75, 3.05) is 5.32 Å². The van der Waals surface area contributed by atoms with E-state index < -0.39 is 47.9 Å². The number of carbonyl (C=O) groups is 2. The molecule has 6 nitrogen and oxygen atoms in total. The normalized spacial score (nSPS) is 18.3. The molecule has 2 aromatic rings. The maximum Gasteiger partial charge on any atom is 0.573 e. The number of hydrogen-bond acceptors (Lipinski definition) is 4. The number of carboxylic acids is 1. The Balaban J connectivity index is 1.78. The number of hydrogen-bond donors (Lipinski definition) is 2. The van der Waals surface area contributed by atoms with E-state index in [2.05, 4.69) is 14.8 Å². The van der Waals surface area contributed by atoms with E-state index in [1.54, 1.807) is 0 Å². The summed E-state index contributed by atoms with van der Waals surface area (Å²) in [5, 5.41) is 11.6. The summed E-state index contributed by atoms with van der Waals surface area (Å²) >= 11 is 0. The highest BCUT2D eigenvalue weighted by atomic mass is 19.4. The second-order valence-corrected chi connectivity index (χ2v) is 6.59. The van der Waals surface area contributed by atoms with Crippen molar-refractivity contribution >= 4 is 17.6 Å². The lowest BCUT2D eigenvalue weighted by Crippen LogP contribution is -2.21. The van der Waals surface area contributed by atoms with Gasteiger partial charge in [0.2, 0.25) is 5.91 Å². The Kier molecular flexibility index (Phi) is 5.74. The van der Waals surface area contributed by atoms with Crippen LogP contribution in [0.1, 0.15) is 28.3 Å². The molecule has 12 heteroatoms. The smallest absolute Gasteiger partial charge is 0.478 e. The lowest BCUT2D eigenvalue weighted by Gasteiger charge is -2.16. The van der Waals surface area contributed by atoms with Crippen molar-refractivity contribution in [1.82, 2.24) is 0 Å². The topological polar surface area (TPSA) is 84.9 Å². The SMILES string of the molecule is O=C(O)c1ccccc1NC(=O)C1CC1c1ccc(OC(F)(F)F)c(OC(F)(F)F)c1. The maximum absolute atomic E-state index is 12.6.